The first-order valence-corrected chi connectivity index (χ1v) is 6.10. The molecule has 1 N–H and O–H groups in total. The van der Waals surface area contributed by atoms with E-state index >= 15 is 0 Å². The summed E-state index contributed by atoms with van der Waals surface area (Å²) >= 11 is 0. The molecule has 0 amide bonds. The topological polar surface area (TPSA) is 40.5 Å². The minimum absolute atomic E-state index is 0.454. The molecule has 0 saturated heterocycles. The molecule has 0 aromatic rings. The van der Waals surface area contributed by atoms with Gasteiger partial charge in [0.15, 0.2) is 0 Å². The van der Waals surface area contributed by atoms with E-state index in [9.17, 15) is 9.90 Å². The van der Waals surface area contributed by atoms with Crippen LogP contribution in [0.25, 0.3) is 0 Å². The van der Waals surface area contributed by atoms with Crippen molar-refractivity contribution in [1.29, 1.82) is 0 Å². The number of hydrogen-bond donors (Lipinski definition) is 1. The zero-order valence-corrected chi connectivity index (χ0v) is 9.96. The van der Waals surface area contributed by atoms with Gasteiger partial charge in [-0.25, -0.2) is 0 Å². The van der Waals surface area contributed by atoms with Gasteiger partial charge in [0.1, 0.15) is 0 Å². The van der Waals surface area contributed by atoms with Gasteiger partial charge in [-0.3, -0.25) is 4.79 Å². The Morgan fingerprint density at radius 3 is 2.13 bits per heavy atom. The van der Waals surface area contributed by atoms with Crippen molar-refractivity contribution in [3.05, 3.63) is 0 Å². The number of carbonyl (C=O) groups is 1. The lowest BCUT2D eigenvalue weighted by atomic mass is 9.73. The van der Waals surface area contributed by atoms with Gasteiger partial charge in [0, 0.05) is 6.54 Å². The zero-order chi connectivity index (χ0) is 11.3. The van der Waals surface area contributed by atoms with Gasteiger partial charge in [-0.1, -0.05) is 33.1 Å². The molecule has 0 spiro atoms. The molecule has 0 aromatic carbocycles. The Morgan fingerprint density at radius 2 is 1.73 bits per heavy atom. The molecule has 3 heteroatoms. The average molecular weight is 213 g/mol. The first-order valence-electron chi connectivity index (χ1n) is 6.10. The van der Waals surface area contributed by atoms with Crippen molar-refractivity contribution in [2.24, 2.45) is 5.41 Å². The number of carboxylic acids is 1. The fourth-order valence-electron chi connectivity index (χ4n) is 2.54. The Bertz CT molecular complexity index is 206. The summed E-state index contributed by atoms with van der Waals surface area (Å²) in [6.45, 7) is 6.83. The smallest absolute Gasteiger partial charge is 0.310 e. The predicted molar refractivity (Wildman–Crippen MR) is 60.9 cm³/mol. The molecular weight excluding hydrogens is 190 g/mol. The molecule has 0 heterocycles. The van der Waals surface area contributed by atoms with Gasteiger partial charge >= 0.3 is 5.97 Å². The van der Waals surface area contributed by atoms with Gasteiger partial charge in [-0.2, -0.15) is 0 Å². The zero-order valence-electron chi connectivity index (χ0n) is 9.96. The Hall–Kier alpha value is -0.570. The number of aliphatic carboxylic acids is 1. The summed E-state index contributed by atoms with van der Waals surface area (Å²) < 4.78 is 0. The van der Waals surface area contributed by atoms with E-state index in [0.717, 1.165) is 45.3 Å². The third kappa shape index (κ3) is 2.94. The van der Waals surface area contributed by atoms with Crippen LogP contribution in [0.1, 0.15) is 46.0 Å². The van der Waals surface area contributed by atoms with Gasteiger partial charge in [-0.15, -0.1) is 0 Å². The quantitative estimate of drug-likeness (QED) is 0.762. The standard InChI is InChI=1S/C12H23NO2/c1-3-13(4-2)10-12(11(14)15)8-6-5-7-9-12/h3-10H2,1-2H3,(H,14,15). The van der Waals surface area contributed by atoms with Gasteiger partial charge in [0.25, 0.3) is 0 Å². The number of rotatable bonds is 5. The second kappa shape index (κ2) is 5.50. The van der Waals surface area contributed by atoms with Gasteiger partial charge in [0.05, 0.1) is 5.41 Å². The summed E-state index contributed by atoms with van der Waals surface area (Å²) in [5, 5.41) is 9.40. The minimum atomic E-state index is -0.589. The van der Waals surface area contributed by atoms with E-state index in [2.05, 4.69) is 18.7 Å². The van der Waals surface area contributed by atoms with Crippen LogP contribution in [-0.4, -0.2) is 35.6 Å². The molecule has 1 aliphatic carbocycles. The molecule has 0 aliphatic heterocycles. The average Bonchev–Trinajstić information content (AvgIpc) is 2.27. The lowest BCUT2D eigenvalue weighted by molar-refractivity contribution is -0.152. The Kier molecular flexibility index (Phi) is 4.58. The first-order chi connectivity index (χ1) is 7.14. The largest absolute Gasteiger partial charge is 0.481 e. The number of nitrogens with zero attached hydrogens (tertiary/aromatic N) is 1. The molecule has 1 fully saturated rings. The molecule has 1 saturated carbocycles. The van der Waals surface area contributed by atoms with Crippen LogP contribution in [-0.2, 0) is 4.79 Å². The molecule has 0 radical (unpaired) electrons. The third-order valence-corrected chi connectivity index (χ3v) is 3.69. The summed E-state index contributed by atoms with van der Waals surface area (Å²) in [5.41, 5.74) is -0.454. The van der Waals surface area contributed by atoms with E-state index in [1.807, 2.05) is 0 Å². The molecule has 1 rings (SSSR count). The highest BCUT2D eigenvalue weighted by atomic mass is 16.4. The summed E-state index contributed by atoms with van der Waals surface area (Å²) in [6, 6.07) is 0. The minimum Gasteiger partial charge on any atom is -0.481 e. The van der Waals surface area contributed by atoms with Crippen LogP contribution >= 0.6 is 0 Å². The lowest BCUT2D eigenvalue weighted by Gasteiger charge is -2.37. The molecular formula is C12H23NO2. The van der Waals surface area contributed by atoms with E-state index in [4.69, 9.17) is 0 Å². The van der Waals surface area contributed by atoms with E-state index in [1.165, 1.54) is 6.42 Å². The van der Waals surface area contributed by atoms with E-state index in [1.54, 1.807) is 0 Å². The molecule has 1 aliphatic rings. The molecule has 0 aromatic heterocycles. The number of carboxylic acid groups (broad SMARTS) is 1. The summed E-state index contributed by atoms with van der Waals surface area (Å²) in [4.78, 5) is 13.7. The van der Waals surface area contributed by atoms with Crippen molar-refractivity contribution >= 4 is 5.97 Å². The fraction of sp³-hybridized carbons (Fsp3) is 0.917. The molecule has 3 nitrogen and oxygen atoms in total. The second-order valence-electron chi connectivity index (χ2n) is 4.61. The summed E-state index contributed by atoms with van der Waals surface area (Å²) in [5.74, 6) is -0.589. The van der Waals surface area contributed by atoms with Crippen LogP contribution in [0.3, 0.4) is 0 Å². The van der Waals surface area contributed by atoms with Gasteiger partial charge in [-0.05, 0) is 25.9 Å². The second-order valence-corrected chi connectivity index (χ2v) is 4.61. The van der Waals surface area contributed by atoms with Crippen LogP contribution in [0, 0.1) is 5.41 Å². The van der Waals surface area contributed by atoms with Gasteiger partial charge < -0.3 is 10.0 Å². The molecule has 0 unspecified atom stereocenters. The van der Waals surface area contributed by atoms with Crippen LogP contribution < -0.4 is 0 Å². The fourth-order valence-corrected chi connectivity index (χ4v) is 2.54. The van der Waals surface area contributed by atoms with Crippen molar-refractivity contribution in [3.8, 4) is 0 Å². The van der Waals surface area contributed by atoms with Crippen LogP contribution in [0.2, 0.25) is 0 Å². The molecule has 0 bridgehead atoms. The number of hydrogen-bond acceptors (Lipinski definition) is 2. The van der Waals surface area contributed by atoms with Crippen molar-refractivity contribution in [3.63, 3.8) is 0 Å². The SMILES string of the molecule is CCN(CC)CC1(C(=O)O)CCCCC1. The third-order valence-electron chi connectivity index (χ3n) is 3.69. The molecule has 88 valence electrons. The maximum absolute atomic E-state index is 11.4. The lowest BCUT2D eigenvalue weighted by Crippen LogP contribution is -2.44. The van der Waals surface area contributed by atoms with Crippen LogP contribution in [0.15, 0.2) is 0 Å². The Labute approximate surface area is 92.5 Å². The molecule has 0 atom stereocenters. The highest BCUT2D eigenvalue weighted by Crippen LogP contribution is 2.37. The Balaban J connectivity index is 2.67. The summed E-state index contributed by atoms with van der Waals surface area (Å²) in [6.07, 6.45) is 5.08. The first kappa shape index (κ1) is 12.5. The normalized spacial score (nSPS) is 20.5. The predicted octanol–water partition coefficient (Wildman–Crippen LogP) is 2.36. The van der Waals surface area contributed by atoms with Crippen molar-refractivity contribution in [2.45, 2.75) is 46.0 Å². The monoisotopic (exact) mass is 213 g/mol. The summed E-state index contributed by atoms with van der Waals surface area (Å²) in [7, 11) is 0. The Morgan fingerprint density at radius 1 is 1.20 bits per heavy atom. The van der Waals surface area contributed by atoms with Crippen LogP contribution in [0.5, 0.6) is 0 Å². The van der Waals surface area contributed by atoms with E-state index in [-0.39, 0.29) is 0 Å². The highest BCUT2D eigenvalue weighted by Gasteiger charge is 2.40. The van der Waals surface area contributed by atoms with E-state index < -0.39 is 11.4 Å². The van der Waals surface area contributed by atoms with E-state index in [0.29, 0.717) is 0 Å². The van der Waals surface area contributed by atoms with Crippen molar-refractivity contribution in [1.82, 2.24) is 4.90 Å². The van der Waals surface area contributed by atoms with Crippen molar-refractivity contribution in [2.75, 3.05) is 19.6 Å². The molecule has 15 heavy (non-hydrogen) atoms. The maximum Gasteiger partial charge on any atom is 0.310 e. The van der Waals surface area contributed by atoms with Crippen molar-refractivity contribution < 1.29 is 9.90 Å². The van der Waals surface area contributed by atoms with Crippen LogP contribution in [0.4, 0.5) is 0 Å². The maximum atomic E-state index is 11.4. The highest BCUT2D eigenvalue weighted by molar-refractivity contribution is 5.75. The van der Waals surface area contributed by atoms with Gasteiger partial charge in [0.2, 0.25) is 0 Å².